The summed E-state index contributed by atoms with van der Waals surface area (Å²) < 4.78 is 45.1. The topological polar surface area (TPSA) is 75.6 Å². The molecule has 2 heterocycles. The quantitative estimate of drug-likeness (QED) is 0.686. The van der Waals surface area contributed by atoms with Gasteiger partial charge in [-0.1, -0.05) is 5.16 Å². The maximum Gasteiger partial charge on any atom is 0.387 e. The zero-order valence-electron chi connectivity index (χ0n) is 14.2. The van der Waals surface area contributed by atoms with Crippen LogP contribution in [-0.4, -0.2) is 50.3 Å². The van der Waals surface area contributed by atoms with E-state index in [1.807, 2.05) is 0 Å². The van der Waals surface area contributed by atoms with Crippen LogP contribution >= 0.6 is 0 Å². The lowest BCUT2D eigenvalue weighted by molar-refractivity contribution is -0.145. The molecule has 3 rings (SSSR count). The van der Waals surface area contributed by atoms with Gasteiger partial charge in [0.05, 0.1) is 25.5 Å². The molecule has 0 radical (unpaired) electrons. The first-order valence-corrected chi connectivity index (χ1v) is 8.22. The van der Waals surface area contributed by atoms with E-state index >= 15 is 0 Å². The predicted octanol–water partition coefficient (Wildman–Crippen LogP) is 2.51. The van der Waals surface area contributed by atoms with Crippen molar-refractivity contribution < 1.29 is 37.4 Å². The summed E-state index contributed by atoms with van der Waals surface area (Å²) in [4.78, 5) is 17.0. The zero-order chi connectivity index (χ0) is 18.6. The number of hydrogen-bond donors (Lipinski definition) is 0. The third kappa shape index (κ3) is 4.21. The van der Waals surface area contributed by atoms with Crippen molar-refractivity contribution in [1.82, 2.24) is 0 Å². The van der Waals surface area contributed by atoms with Crippen LogP contribution in [0.5, 0.6) is 11.5 Å². The zero-order valence-corrected chi connectivity index (χ0v) is 14.2. The van der Waals surface area contributed by atoms with E-state index in [0.29, 0.717) is 30.9 Å². The Labute approximate surface area is 148 Å². The number of ether oxygens (including phenoxy) is 4. The van der Waals surface area contributed by atoms with Gasteiger partial charge in [0.2, 0.25) is 0 Å². The van der Waals surface area contributed by atoms with Gasteiger partial charge in [0, 0.05) is 18.4 Å². The Bertz CT molecular complexity index is 688. The van der Waals surface area contributed by atoms with Crippen LogP contribution < -0.4 is 9.47 Å². The van der Waals surface area contributed by atoms with Gasteiger partial charge in [-0.05, 0) is 25.1 Å². The van der Waals surface area contributed by atoms with Crippen molar-refractivity contribution in [2.45, 2.75) is 32.0 Å². The van der Waals surface area contributed by atoms with E-state index in [2.05, 4.69) is 9.89 Å². The average molecular weight is 371 g/mol. The van der Waals surface area contributed by atoms with E-state index in [0.717, 1.165) is 6.42 Å². The van der Waals surface area contributed by atoms with Crippen LogP contribution in [-0.2, 0) is 19.1 Å². The maximum absolute atomic E-state index is 12.6. The van der Waals surface area contributed by atoms with Crippen LogP contribution in [0.2, 0.25) is 0 Å². The fourth-order valence-corrected chi connectivity index (χ4v) is 2.81. The van der Waals surface area contributed by atoms with Gasteiger partial charge in [-0.15, -0.1) is 0 Å². The highest BCUT2D eigenvalue weighted by atomic mass is 19.3. The molecular weight excluding hydrogens is 352 g/mol. The lowest BCUT2D eigenvalue weighted by atomic mass is 9.93. The van der Waals surface area contributed by atoms with Gasteiger partial charge in [-0.25, -0.2) is 4.79 Å². The Morgan fingerprint density at radius 2 is 2.23 bits per heavy atom. The van der Waals surface area contributed by atoms with Crippen LogP contribution in [0.15, 0.2) is 23.4 Å². The largest absolute Gasteiger partial charge is 0.478 e. The molecule has 0 N–H and O–H groups in total. The molecule has 0 amide bonds. The number of carbonyl (C=O) groups excluding carboxylic acids is 1. The fourth-order valence-electron chi connectivity index (χ4n) is 2.81. The van der Waals surface area contributed by atoms with Crippen molar-refractivity contribution in [3.8, 4) is 11.5 Å². The molecule has 2 aliphatic heterocycles. The number of hydrogen-bond acceptors (Lipinski definition) is 7. The van der Waals surface area contributed by atoms with E-state index in [9.17, 15) is 13.6 Å². The van der Waals surface area contributed by atoms with Gasteiger partial charge in [-0.3, -0.25) is 0 Å². The summed E-state index contributed by atoms with van der Waals surface area (Å²) in [6, 6.07) is 4.43. The molecule has 1 unspecified atom stereocenters. The number of rotatable bonds is 7. The molecule has 2 aliphatic rings. The van der Waals surface area contributed by atoms with E-state index in [4.69, 9.17) is 19.0 Å². The minimum absolute atomic E-state index is 0.00201. The van der Waals surface area contributed by atoms with Crippen LogP contribution in [0.3, 0.4) is 0 Å². The summed E-state index contributed by atoms with van der Waals surface area (Å²) in [5.41, 5.74) is 0.828. The van der Waals surface area contributed by atoms with Crippen LogP contribution in [0.4, 0.5) is 8.78 Å². The minimum Gasteiger partial charge on any atom is -0.478 e. The van der Waals surface area contributed by atoms with E-state index in [-0.39, 0.29) is 18.1 Å². The first-order chi connectivity index (χ1) is 12.5. The average Bonchev–Trinajstić information content (AvgIpc) is 3.24. The van der Waals surface area contributed by atoms with Gasteiger partial charge in [0.1, 0.15) is 0 Å². The van der Waals surface area contributed by atoms with Gasteiger partial charge in [-0.2, -0.15) is 8.78 Å². The number of halogens is 2. The summed E-state index contributed by atoms with van der Waals surface area (Å²) in [7, 11) is 0. The molecule has 1 aromatic carbocycles. The second-order valence-electron chi connectivity index (χ2n) is 5.93. The van der Waals surface area contributed by atoms with Crippen molar-refractivity contribution in [2.75, 3.05) is 26.4 Å². The third-order valence-corrected chi connectivity index (χ3v) is 4.05. The molecule has 7 nitrogen and oxygen atoms in total. The molecule has 1 saturated heterocycles. The summed E-state index contributed by atoms with van der Waals surface area (Å²) in [5.74, 6) is -0.779. The number of carbonyl (C=O) groups is 1. The first-order valence-electron chi connectivity index (χ1n) is 8.22. The number of oxime groups is 1. The van der Waals surface area contributed by atoms with Crippen molar-refractivity contribution in [3.05, 3.63) is 23.8 Å². The molecule has 0 bridgehead atoms. The summed E-state index contributed by atoms with van der Waals surface area (Å²) in [6.45, 7) is -0.517. The highest BCUT2D eigenvalue weighted by Crippen LogP contribution is 2.36. The van der Waals surface area contributed by atoms with Crippen molar-refractivity contribution in [2.24, 2.45) is 5.16 Å². The van der Waals surface area contributed by atoms with Crippen molar-refractivity contribution in [3.63, 3.8) is 0 Å². The van der Waals surface area contributed by atoms with Gasteiger partial charge < -0.3 is 23.8 Å². The molecule has 1 aromatic rings. The summed E-state index contributed by atoms with van der Waals surface area (Å²) >= 11 is 0. The Morgan fingerprint density at radius 3 is 2.92 bits per heavy atom. The molecule has 0 saturated carbocycles. The smallest absolute Gasteiger partial charge is 0.387 e. The number of benzene rings is 1. The first kappa shape index (κ1) is 18.4. The molecular formula is C17H19F2NO6. The second kappa shape index (κ2) is 7.86. The van der Waals surface area contributed by atoms with E-state index in [1.54, 1.807) is 13.0 Å². The molecule has 1 atom stereocenters. The minimum atomic E-state index is -3.02. The lowest BCUT2D eigenvalue weighted by Crippen LogP contribution is -2.29. The highest BCUT2D eigenvalue weighted by Gasteiger charge is 2.43. The van der Waals surface area contributed by atoms with Gasteiger partial charge in [0.15, 0.2) is 23.7 Å². The number of esters is 1. The van der Waals surface area contributed by atoms with Gasteiger partial charge in [0.25, 0.3) is 0 Å². The fraction of sp³-hybridized carbons (Fsp3) is 0.529. The second-order valence-corrected chi connectivity index (χ2v) is 5.93. The molecule has 9 heteroatoms. The van der Waals surface area contributed by atoms with Crippen molar-refractivity contribution in [1.29, 1.82) is 0 Å². The molecule has 142 valence electrons. The maximum atomic E-state index is 12.6. The molecule has 26 heavy (non-hydrogen) atoms. The monoisotopic (exact) mass is 371 g/mol. The van der Waals surface area contributed by atoms with Crippen molar-refractivity contribution >= 4 is 11.7 Å². The Balaban J connectivity index is 1.76. The van der Waals surface area contributed by atoms with E-state index in [1.165, 1.54) is 12.1 Å². The Kier molecular flexibility index (Phi) is 5.55. The molecule has 0 aliphatic carbocycles. The molecule has 1 fully saturated rings. The van der Waals surface area contributed by atoms with Crippen LogP contribution in [0, 0.1) is 0 Å². The number of alkyl halides is 2. The van der Waals surface area contributed by atoms with Crippen LogP contribution in [0.25, 0.3) is 0 Å². The van der Waals surface area contributed by atoms with E-state index < -0.39 is 24.8 Å². The highest BCUT2D eigenvalue weighted by molar-refractivity contribution is 6.02. The normalized spacial score (nSPS) is 21.6. The SMILES string of the molecule is CCOC(=O)COc1cc(C2=NOC3(CCOC3)C2)ccc1OC(F)F. The number of nitrogens with zero attached hydrogens (tertiary/aromatic N) is 1. The summed E-state index contributed by atoms with van der Waals surface area (Å²) in [5, 5.41) is 4.10. The lowest BCUT2D eigenvalue weighted by Gasteiger charge is -2.17. The third-order valence-electron chi connectivity index (χ3n) is 4.05. The predicted molar refractivity (Wildman–Crippen MR) is 85.6 cm³/mol. The molecule has 1 spiro atoms. The van der Waals surface area contributed by atoms with Crippen LogP contribution in [0.1, 0.15) is 25.3 Å². The standard InChI is InChI=1S/C17H19F2NO6/c1-2-23-15(21)9-24-14-7-11(3-4-13(14)25-16(18)19)12-8-17(26-20-12)5-6-22-10-17/h3-4,7,16H,2,5-6,8-10H2,1H3. The Morgan fingerprint density at radius 1 is 1.38 bits per heavy atom. The Hall–Kier alpha value is -2.42. The molecule has 0 aromatic heterocycles. The van der Waals surface area contributed by atoms with Gasteiger partial charge >= 0.3 is 12.6 Å². The summed E-state index contributed by atoms with van der Waals surface area (Å²) in [6.07, 6.45) is 1.28.